The van der Waals surface area contributed by atoms with Gasteiger partial charge in [-0.3, -0.25) is 9.59 Å². The summed E-state index contributed by atoms with van der Waals surface area (Å²) in [4.78, 5) is 38.5. The Morgan fingerprint density at radius 3 is 2.61 bits per heavy atom. The Balaban J connectivity index is 1.58. The number of aryl methyl sites for hydroxylation is 1. The maximum atomic E-state index is 12.9. The van der Waals surface area contributed by atoms with Gasteiger partial charge in [-0.2, -0.15) is 0 Å². The van der Waals surface area contributed by atoms with Crippen LogP contribution in [-0.4, -0.2) is 55.2 Å². The molecule has 0 saturated carbocycles. The number of fused-ring (bicyclic) bond motifs is 1. The van der Waals surface area contributed by atoms with E-state index in [0.717, 1.165) is 5.56 Å². The quantitative estimate of drug-likeness (QED) is 0.752. The SMILES string of the molecule is Cc1onc(-c2ccccc2)c1C(=O)N[C@@H]1C(=O)N2C(C(=O)O)C(C)(C)S[C@H]12. The molecule has 0 radical (unpaired) electrons. The minimum atomic E-state index is -1.04. The van der Waals surface area contributed by atoms with Crippen LogP contribution < -0.4 is 5.32 Å². The molecule has 4 rings (SSSR count). The van der Waals surface area contributed by atoms with Gasteiger partial charge in [-0.1, -0.05) is 35.5 Å². The maximum absolute atomic E-state index is 12.9. The van der Waals surface area contributed by atoms with E-state index < -0.39 is 34.1 Å². The van der Waals surface area contributed by atoms with E-state index >= 15 is 0 Å². The number of rotatable bonds is 4. The van der Waals surface area contributed by atoms with Gasteiger partial charge in [-0.05, 0) is 20.8 Å². The highest BCUT2D eigenvalue weighted by atomic mass is 32.2. The summed E-state index contributed by atoms with van der Waals surface area (Å²) in [7, 11) is 0. The van der Waals surface area contributed by atoms with Crippen LogP contribution in [0.4, 0.5) is 0 Å². The third-order valence-corrected chi connectivity index (χ3v) is 6.67. The van der Waals surface area contributed by atoms with E-state index in [-0.39, 0.29) is 11.5 Å². The standard InChI is InChI=1S/C19H19N3O5S/c1-9-11(12(21-27-9)10-7-5-4-6-8-10)15(23)20-13-16(24)22-14(18(25)26)19(2,3)28-17(13)22/h4-8,13-14,17H,1-3H3,(H,20,23)(H,25,26)/t13-,14?,17-/m1/s1. The van der Waals surface area contributed by atoms with Gasteiger partial charge in [-0.25, -0.2) is 4.79 Å². The summed E-state index contributed by atoms with van der Waals surface area (Å²) in [6.45, 7) is 5.22. The number of carboxylic acids is 1. The molecule has 3 heterocycles. The van der Waals surface area contributed by atoms with Crippen LogP contribution in [0.1, 0.15) is 30.0 Å². The first kappa shape index (κ1) is 18.5. The number of amides is 2. The number of nitrogens with zero attached hydrogens (tertiary/aromatic N) is 2. The van der Waals surface area contributed by atoms with Crippen molar-refractivity contribution in [1.82, 2.24) is 15.4 Å². The Hall–Kier alpha value is -2.81. The summed E-state index contributed by atoms with van der Waals surface area (Å²) in [5, 5.41) is 15.8. The van der Waals surface area contributed by atoms with Crippen molar-refractivity contribution in [2.24, 2.45) is 0 Å². The summed E-state index contributed by atoms with van der Waals surface area (Å²) < 4.78 is 4.57. The minimum Gasteiger partial charge on any atom is -0.480 e. The lowest BCUT2D eigenvalue weighted by Gasteiger charge is -2.43. The fourth-order valence-corrected chi connectivity index (χ4v) is 5.42. The number of carboxylic acid groups (broad SMARTS) is 1. The first-order valence-corrected chi connectivity index (χ1v) is 9.65. The number of hydrogen-bond donors (Lipinski definition) is 2. The van der Waals surface area contributed by atoms with Crippen molar-refractivity contribution < 1.29 is 24.0 Å². The number of thioether (sulfide) groups is 1. The molecule has 2 aromatic rings. The molecule has 146 valence electrons. The van der Waals surface area contributed by atoms with Gasteiger partial charge in [0.15, 0.2) is 0 Å². The smallest absolute Gasteiger partial charge is 0.327 e. The van der Waals surface area contributed by atoms with E-state index in [1.54, 1.807) is 20.8 Å². The average molecular weight is 401 g/mol. The Morgan fingerprint density at radius 1 is 1.29 bits per heavy atom. The van der Waals surface area contributed by atoms with Crippen molar-refractivity contribution in [3.05, 3.63) is 41.7 Å². The zero-order valence-electron chi connectivity index (χ0n) is 15.5. The second-order valence-corrected chi connectivity index (χ2v) is 9.15. The number of aromatic nitrogens is 1. The van der Waals surface area contributed by atoms with Crippen molar-refractivity contribution in [1.29, 1.82) is 0 Å². The van der Waals surface area contributed by atoms with Crippen LogP contribution in [-0.2, 0) is 9.59 Å². The van der Waals surface area contributed by atoms with Crippen LogP contribution in [0.2, 0.25) is 0 Å². The van der Waals surface area contributed by atoms with Crippen LogP contribution in [0.15, 0.2) is 34.9 Å². The highest BCUT2D eigenvalue weighted by Crippen LogP contribution is 2.50. The van der Waals surface area contributed by atoms with Gasteiger partial charge in [0.1, 0.15) is 34.5 Å². The predicted octanol–water partition coefficient (Wildman–Crippen LogP) is 1.90. The first-order chi connectivity index (χ1) is 13.2. The third kappa shape index (κ3) is 2.69. The molecule has 1 unspecified atom stereocenters. The molecule has 2 N–H and O–H groups in total. The number of β-lactam (4-membered cyclic amide) rings is 1. The Morgan fingerprint density at radius 2 is 1.96 bits per heavy atom. The van der Waals surface area contributed by atoms with Crippen LogP contribution in [0.3, 0.4) is 0 Å². The largest absolute Gasteiger partial charge is 0.480 e. The summed E-state index contributed by atoms with van der Waals surface area (Å²) in [6.07, 6.45) is 0. The second kappa shape index (κ2) is 6.37. The number of carbonyl (C=O) groups excluding carboxylic acids is 2. The van der Waals surface area contributed by atoms with E-state index in [0.29, 0.717) is 11.5 Å². The predicted molar refractivity (Wildman–Crippen MR) is 102 cm³/mol. The normalized spacial score (nSPS) is 25.2. The number of carbonyl (C=O) groups is 3. The molecule has 3 atom stereocenters. The molecule has 28 heavy (non-hydrogen) atoms. The van der Waals surface area contributed by atoms with E-state index in [4.69, 9.17) is 4.52 Å². The zero-order valence-corrected chi connectivity index (χ0v) is 16.3. The van der Waals surface area contributed by atoms with Crippen molar-refractivity contribution in [2.45, 2.75) is 43.0 Å². The highest BCUT2D eigenvalue weighted by molar-refractivity contribution is 8.01. The highest BCUT2D eigenvalue weighted by Gasteiger charge is 2.64. The van der Waals surface area contributed by atoms with E-state index in [1.807, 2.05) is 30.3 Å². The average Bonchev–Trinajstić information content (AvgIpc) is 3.15. The number of aliphatic carboxylic acids is 1. The Kier molecular flexibility index (Phi) is 4.22. The zero-order chi connectivity index (χ0) is 20.2. The molecule has 0 aliphatic carbocycles. The van der Waals surface area contributed by atoms with Gasteiger partial charge in [0.25, 0.3) is 5.91 Å². The molecule has 2 aliphatic rings. The minimum absolute atomic E-state index is 0.273. The van der Waals surface area contributed by atoms with Crippen molar-refractivity contribution in [2.75, 3.05) is 0 Å². The molecular weight excluding hydrogens is 382 g/mol. The van der Waals surface area contributed by atoms with Crippen LogP contribution >= 0.6 is 11.8 Å². The molecule has 1 aromatic carbocycles. The lowest BCUT2D eigenvalue weighted by atomic mass is 9.95. The summed E-state index contributed by atoms with van der Waals surface area (Å²) in [5.74, 6) is -1.55. The van der Waals surface area contributed by atoms with Crippen LogP contribution in [0, 0.1) is 6.92 Å². The number of nitrogens with one attached hydrogen (secondary N) is 1. The fraction of sp³-hybridized carbons (Fsp3) is 0.368. The Bertz CT molecular complexity index is 971. The molecule has 0 bridgehead atoms. The van der Waals surface area contributed by atoms with E-state index in [2.05, 4.69) is 10.5 Å². The molecule has 2 fully saturated rings. The molecular formula is C19H19N3O5S. The van der Waals surface area contributed by atoms with Gasteiger partial charge in [-0.15, -0.1) is 11.8 Å². The first-order valence-electron chi connectivity index (χ1n) is 8.77. The van der Waals surface area contributed by atoms with Crippen LogP contribution in [0.5, 0.6) is 0 Å². The fourth-order valence-electron chi connectivity index (χ4n) is 3.79. The lowest BCUT2D eigenvalue weighted by molar-refractivity contribution is -0.159. The Labute approximate surface area is 165 Å². The molecule has 2 saturated heterocycles. The van der Waals surface area contributed by atoms with Crippen LogP contribution in [0.25, 0.3) is 11.3 Å². The van der Waals surface area contributed by atoms with Gasteiger partial charge in [0.05, 0.1) is 0 Å². The summed E-state index contributed by atoms with van der Waals surface area (Å²) in [6, 6.07) is 7.46. The summed E-state index contributed by atoms with van der Waals surface area (Å²) in [5.41, 5.74) is 1.41. The number of benzene rings is 1. The van der Waals surface area contributed by atoms with Gasteiger partial charge in [0, 0.05) is 10.3 Å². The molecule has 2 aliphatic heterocycles. The summed E-state index contributed by atoms with van der Waals surface area (Å²) >= 11 is 1.38. The van der Waals surface area contributed by atoms with Gasteiger partial charge < -0.3 is 19.8 Å². The van der Waals surface area contributed by atoms with Crippen molar-refractivity contribution in [3.8, 4) is 11.3 Å². The molecule has 0 spiro atoms. The van der Waals surface area contributed by atoms with E-state index in [9.17, 15) is 19.5 Å². The maximum Gasteiger partial charge on any atom is 0.327 e. The molecule has 2 amide bonds. The molecule has 9 heteroatoms. The monoisotopic (exact) mass is 401 g/mol. The molecule has 8 nitrogen and oxygen atoms in total. The molecule has 1 aromatic heterocycles. The number of hydrogen-bond acceptors (Lipinski definition) is 6. The lowest BCUT2D eigenvalue weighted by Crippen LogP contribution is -2.70. The van der Waals surface area contributed by atoms with Crippen molar-refractivity contribution in [3.63, 3.8) is 0 Å². The van der Waals surface area contributed by atoms with Gasteiger partial charge >= 0.3 is 5.97 Å². The van der Waals surface area contributed by atoms with Gasteiger partial charge in [0.2, 0.25) is 5.91 Å². The topological polar surface area (TPSA) is 113 Å². The van der Waals surface area contributed by atoms with E-state index in [1.165, 1.54) is 16.7 Å². The third-order valence-electron chi connectivity index (χ3n) is 5.10. The second-order valence-electron chi connectivity index (χ2n) is 7.38. The van der Waals surface area contributed by atoms with Crippen molar-refractivity contribution >= 4 is 29.5 Å².